The molecule has 2 fully saturated rings. The minimum atomic E-state index is 0. The van der Waals surface area contributed by atoms with Gasteiger partial charge < -0.3 is 19.9 Å². The van der Waals surface area contributed by atoms with E-state index in [2.05, 4.69) is 58.1 Å². The first-order chi connectivity index (χ1) is 13.8. The quantitative estimate of drug-likeness (QED) is 0.373. The van der Waals surface area contributed by atoms with Gasteiger partial charge in [0.25, 0.3) is 0 Å². The number of benzene rings is 1. The number of likely N-dealkylation sites (tertiary alicyclic amines) is 1. The van der Waals surface area contributed by atoms with Crippen LogP contribution in [0, 0.1) is 0 Å². The highest BCUT2D eigenvalue weighted by Gasteiger charge is 2.30. The van der Waals surface area contributed by atoms with Crippen molar-refractivity contribution in [1.29, 1.82) is 0 Å². The highest BCUT2D eigenvalue weighted by molar-refractivity contribution is 14.0. The van der Waals surface area contributed by atoms with Gasteiger partial charge in [0.05, 0.1) is 19.8 Å². The Balaban J connectivity index is 0.00000240. The number of anilines is 1. The third kappa shape index (κ3) is 5.35. The SMILES string of the molecule is CCNC(=NCCN1c2ccccc2CC1C)N1CCC(N2CCOCC2)C1.I. The fourth-order valence-electron chi connectivity index (χ4n) is 4.83. The van der Waals surface area contributed by atoms with Crippen LogP contribution < -0.4 is 10.2 Å². The Hall–Kier alpha value is -1.06. The number of hydrogen-bond donors (Lipinski definition) is 1. The molecular weight excluding hydrogens is 477 g/mol. The van der Waals surface area contributed by atoms with Crippen LogP contribution in [-0.4, -0.2) is 86.9 Å². The number of nitrogens with zero attached hydrogens (tertiary/aromatic N) is 4. The van der Waals surface area contributed by atoms with Crippen molar-refractivity contribution < 1.29 is 4.74 Å². The van der Waals surface area contributed by atoms with E-state index in [1.807, 2.05) is 0 Å². The lowest BCUT2D eigenvalue weighted by molar-refractivity contribution is 0.0195. The van der Waals surface area contributed by atoms with Crippen LogP contribution in [0.5, 0.6) is 0 Å². The number of fused-ring (bicyclic) bond motifs is 1. The first-order valence-electron chi connectivity index (χ1n) is 11.0. The number of halogens is 1. The van der Waals surface area contributed by atoms with Gasteiger partial charge in [0.2, 0.25) is 0 Å². The number of para-hydroxylation sites is 1. The van der Waals surface area contributed by atoms with E-state index in [-0.39, 0.29) is 24.0 Å². The molecule has 2 saturated heterocycles. The molecule has 1 N–H and O–H groups in total. The summed E-state index contributed by atoms with van der Waals surface area (Å²) in [6.07, 6.45) is 2.37. The van der Waals surface area contributed by atoms with E-state index in [1.54, 1.807) is 0 Å². The molecule has 162 valence electrons. The first-order valence-corrected chi connectivity index (χ1v) is 11.0. The van der Waals surface area contributed by atoms with Gasteiger partial charge in [0, 0.05) is 57.0 Å². The zero-order valence-corrected chi connectivity index (χ0v) is 20.2. The molecule has 2 unspecified atom stereocenters. The summed E-state index contributed by atoms with van der Waals surface area (Å²) in [4.78, 5) is 12.6. The van der Waals surface area contributed by atoms with E-state index in [0.717, 1.165) is 71.4 Å². The minimum Gasteiger partial charge on any atom is -0.379 e. The fourth-order valence-corrected chi connectivity index (χ4v) is 4.83. The number of morpholine rings is 1. The Labute approximate surface area is 192 Å². The van der Waals surface area contributed by atoms with Gasteiger partial charge in [-0.05, 0) is 38.3 Å². The number of rotatable bonds is 5. The summed E-state index contributed by atoms with van der Waals surface area (Å²) in [5, 5.41) is 3.52. The molecule has 1 aromatic rings. The molecule has 6 nitrogen and oxygen atoms in total. The molecule has 7 heteroatoms. The maximum atomic E-state index is 5.51. The molecule has 0 saturated carbocycles. The van der Waals surface area contributed by atoms with Gasteiger partial charge in [-0.1, -0.05) is 18.2 Å². The molecule has 1 aromatic carbocycles. The van der Waals surface area contributed by atoms with Crippen molar-refractivity contribution in [2.24, 2.45) is 4.99 Å². The summed E-state index contributed by atoms with van der Waals surface area (Å²) >= 11 is 0. The summed E-state index contributed by atoms with van der Waals surface area (Å²) in [5.74, 6) is 1.08. The summed E-state index contributed by atoms with van der Waals surface area (Å²) < 4.78 is 5.51. The summed E-state index contributed by atoms with van der Waals surface area (Å²) in [6.45, 7) is 13.3. The molecule has 4 rings (SSSR count). The monoisotopic (exact) mass is 513 g/mol. The maximum absolute atomic E-state index is 5.51. The summed E-state index contributed by atoms with van der Waals surface area (Å²) in [5.41, 5.74) is 2.86. The zero-order valence-electron chi connectivity index (χ0n) is 17.8. The lowest BCUT2D eigenvalue weighted by atomic mass is 10.1. The molecule has 0 amide bonds. The van der Waals surface area contributed by atoms with Crippen molar-refractivity contribution in [3.63, 3.8) is 0 Å². The molecule has 0 bridgehead atoms. The lowest BCUT2D eigenvalue weighted by Gasteiger charge is -2.32. The van der Waals surface area contributed by atoms with E-state index in [0.29, 0.717) is 12.1 Å². The van der Waals surface area contributed by atoms with Gasteiger partial charge in [-0.25, -0.2) is 0 Å². The zero-order chi connectivity index (χ0) is 19.3. The van der Waals surface area contributed by atoms with Gasteiger partial charge in [0.1, 0.15) is 0 Å². The van der Waals surface area contributed by atoms with E-state index in [1.165, 1.54) is 17.7 Å². The lowest BCUT2D eigenvalue weighted by Crippen LogP contribution is -2.46. The fraction of sp³-hybridized carbons (Fsp3) is 0.682. The van der Waals surface area contributed by atoms with E-state index in [4.69, 9.17) is 9.73 Å². The standard InChI is InChI=1S/C22H35N5O.HI/c1-3-23-22(26-10-8-20(17-26)25-12-14-28-15-13-25)24-9-11-27-18(2)16-19-6-4-5-7-21(19)27;/h4-7,18,20H,3,8-17H2,1-2H3,(H,23,24);1H. The van der Waals surface area contributed by atoms with Crippen LogP contribution in [0.4, 0.5) is 5.69 Å². The van der Waals surface area contributed by atoms with E-state index >= 15 is 0 Å². The second-order valence-corrected chi connectivity index (χ2v) is 8.15. The molecule has 3 aliphatic rings. The molecular formula is C22H36IN5O. The highest BCUT2D eigenvalue weighted by atomic mass is 127. The molecule has 3 aliphatic heterocycles. The Morgan fingerprint density at radius 2 is 2.00 bits per heavy atom. The Morgan fingerprint density at radius 1 is 1.21 bits per heavy atom. The summed E-state index contributed by atoms with van der Waals surface area (Å²) in [7, 11) is 0. The number of aliphatic imine (C=N–C) groups is 1. The Morgan fingerprint density at radius 3 is 2.79 bits per heavy atom. The van der Waals surface area contributed by atoms with Crippen LogP contribution in [0.2, 0.25) is 0 Å². The molecule has 0 radical (unpaired) electrons. The van der Waals surface area contributed by atoms with Crippen molar-refractivity contribution in [3.8, 4) is 0 Å². The van der Waals surface area contributed by atoms with Crippen molar-refractivity contribution in [2.75, 3.05) is 63.9 Å². The predicted molar refractivity (Wildman–Crippen MR) is 131 cm³/mol. The van der Waals surface area contributed by atoms with Gasteiger partial charge >= 0.3 is 0 Å². The van der Waals surface area contributed by atoms with Crippen LogP contribution in [-0.2, 0) is 11.2 Å². The topological polar surface area (TPSA) is 43.3 Å². The average Bonchev–Trinajstić information content (AvgIpc) is 3.33. The molecule has 29 heavy (non-hydrogen) atoms. The van der Waals surface area contributed by atoms with Crippen LogP contribution in [0.15, 0.2) is 29.3 Å². The summed E-state index contributed by atoms with van der Waals surface area (Å²) in [6, 6.07) is 10.0. The molecule has 0 aromatic heterocycles. The molecule has 0 spiro atoms. The van der Waals surface area contributed by atoms with Crippen molar-refractivity contribution in [1.82, 2.24) is 15.1 Å². The molecule has 2 atom stereocenters. The van der Waals surface area contributed by atoms with Gasteiger partial charge in [0.15, 0.2) is 5.96 Å². The second kappa shape index (κ2) is 10.8. The second-order valence-electron chi connectivity index (χ2n) is 8.15. The third-order valence-electron chi connectivity index (χ3n) is 6.31. The van der Waals surface area contributed by atoms with Crippen molar-refractivity contribution in [3.05, 3.63) is 29.8 Å². The predicted octanol–water partition coefficient (Wildman–Crippen LogP) is 2.43. The van der Waals surface area contributed by atoms with Gasteiger partial charge in [-0.3, -0.25) is 9.89 Å². The van der Waals surface area contributed by atoms with Gasteiger partial charge in [-0.15, -0.1) is 24.0 Å². The average molecular weight is 513 g/mol. The number of ether oxygens (including phenoxy) is 1. The smallest absolute Gasteiger partial charge is 0.194 e. The highest BCUT2D eigenvalue weighted by Crippen LogP contribution is 2.31. The van der Waals surface area contributed by atoms with Crippen molar-refractivity contribution >= 4 is 35.6 Å². The van der Waals surface area contributed by atoms with Crippen LogP contribution in [0.25, 0.3) is 0 Å². The number of nitrogens with one attached hydrogen (secondary N) is 1. The first kappa shape index (κ1) is 22.6. The largest absolute Gasteiger partial charge is 0.379 e. The minimum absolute atomic E-state index is 0. The molecule has 3 heterocycles. The number of hydrogen-bond acceptors (Lipinski definition) is 4. The van der Waals surface area contributed by atoms with Crippen LogP contribution >= 0.6 is 24.0 Å². The Kier molecular flexibility index (Phi) is 8.44. The van der Waals surface area contributed by atoms with Gasteiger partial charge in [-0.2, -0.15) is 0 Å². The van der Waals surface area contributed by atoms with E-state index < -0.39 is 0 Å². The van der Waals surface area contributed by atoms with E-state index in [9.17, 15) is 0 Å². The number of guanidine groups is 1. The Bertz CT molecular complexity index is 679. The van der Waals surface area contributed by atoms with Crippen LogP contribution in [0.3, 0.4) is 0 Å². The normalized spacial score (nSPS) is 25.1. The molecule has 0 aliphatic carbocycles. The third-order valence-corrected chi connectivity index (χ3v) is 6.31. The maximum Gasteiger partial charge on any atom is 0.194 e. The van der Waals surface area contributed by atoms with Crippen LogP contribution in [0.1, 0.15) is 25.8 Å². The van der Waals surface area contributed by atoms with Crippen molar-refractivity contribution in [2.45, 2.75) is 38.8 Å².